The van der Waals surface area contributed by atoms with Crippen molar-refractivity contribution in [1.29, 1.82) is 0 Å². The zero-order valence-corrected chi connectivity index (χ0v) is 18.2. The second-order valence-corrected chi connectivity index (χ2v) is 6.99. The molecule has 0 aliphatic heterocycles. The van der Waals surface area contributed by atoms with Crippen molar-refractivity contribution in [3.05, 3.63) is 29.8 Å². The highest BCUT2D eigenvalue weighted by Gasteiger charge is 2.16. The monoisotopic (exact) mass is 408 g/mol. The Bertz CT molecular complexity index is 525. The maximum absolute atomic E-state index is 12.0. The Labute approximate surface area is 176 Å². The summed E-state index contributed by atoms with van der Waals surface area (Å²) in [4.78, 5) is 12.0. The Morgan fingerprint density at radius 3 is 2.17 bits per heavy atom. The smallest absolute Gasteiger partial charge is 0.307 e. The SMILES string of the molecule is CCOC(=O)CC(NCCCNCCCCNCCCN)c1ccc(OC)cc1. The van der Waals surface area contributed by atoms with Crippen LogP contribution in [-0.2, 0) is 9.53 Å². The standard InChI is InChI=1S/C22H40N4O3/c1-3-29-22(27)18-21(19-8-10-20(28-2)11-9-19)26-17-7-16-25-14-5-4-13-24-15-6-12-23/h8-11,21,24-26H,3-7,12-18,23H2,1-2H3. The lowest BCUT2D eigenvalue weighted by molar-refractivity contribution is -0.143. The zero-order valence-electron chi connectivity index (χ0n) is 18.2. The summed E-state index contributed by atoms with van der Waals surface area (Å²) >= 11 is 0. The van der Waals surface area contributed by atoms with Gasteiger partial charge in [0.05, 0.1) is 20.1 Å². The van der Waals surface area contributed by atoms with Gasteiger partial charge < -0.3 is 31.2 Å². The quantitative estimate of drug-likeness (QED) is 0.218. The first-order valence-electron chi connectivity index (χ1n) is 10.9. The highest BCUT2D eigenvalue weighted by Crippen LogP contribution is 2.20. The molecule has 0 bridgehead atoms. The van der Waals surface area contributed by atoms with E-state index in [2.05, 4.69) is 16.0 Å². The first-order chi connectivity index (χ1) is 14.2. The Hall–Kier alpha value is -1.67. The third-order valence-corrected chi connectivity index (χ3v) is 4.63. The molecule has 5 N–H and O–H groups in total. The van der Waals surface area contributed by atoms with Crippen molar-refractivity contribution in [2.45, 2.75) is 45.1 Å². The van der Waals surface area contributed by atoms with Crippen LogP contribution < -0.4 is 26.4 Å². The van der Waals surface area contributed by atoms with Gasteiger partial charge in [-0.15, -0.1) is 0 Å². The van der Waals surface area contributed by atoms with E-state index in [4.69, 9.17) is 15.2 Å². The fraction of sp³-hybridized carbons (Fsp3) is 0.682. The van der Waals surface area contributed by atoms with Gasteiger partial charge in [0, 0.05) is 6.04 Å². The number of benzene rings is 1. The minimum atomic E-state index is -0.181. The molecular formula is C22H40N4O3. The lowest BCUT2D eigenvalue weighted by atomic mass is 10.0. The van der Waals surface area contributed by atoms with Crippen molar-refractivity contribution in [1.82, 2.24) is 16.0 Å². The number of hydrogen-bond donors (Lipinski definition) is 4. The van der Waals surface area contributed by atoms with Gasteiger partial charge in [-0.05, 0) is 89.6 Å². The van der Waals surface area contributed by atoms with Crippen molar-refractivity contribution >= 4 is 5.97 Å². The van der Waals surface area contributed by atoms with Crippen molar-refractivity contribution in [2.24, 2.45) is 5.73 Å². The molecule has 0 aliphatic rings. The Kier molecular flexibility index (Phi) is 15.1. The van der Waals surface area contributed by atoms with E-state index < -0.39 is 0 Å². The van der Waals surface area contributed by atoms with Crippen LogP contribution in [-0.4, -0.2) is 59.0 Å². The maximum atomic E-state index is 12.0. The lowest BCUT2D eigenvalue weighted by Gasteiger charge is -2.19. The van der Waals surface area contributed by atoms with E-state index in [1.165, 1.54) is 12.8 Å². The first-order valence-corrected chi connectivity index (χ1v) is 10.9. The minimum absolute atomic E-state index is 0.0560. The number of hydrogen-bond acceptors (Lipinski definition) is 7. The van der Waals surface area contributed by atoms with Crippen LogP contribution in [0.25, 0.3) is 0 Å². The van der Waals surface area contributed by atoms with Gasteiger partial charge >= 0.3 is 5.97 Å². The molecule has 0 amide bonds. The molecule has 0 saturated carbocycles. The number of rotatable bonds is 18. The van der Waals surface area contributed by atoms with Crippen molar-refractivity contribution < 1.29 is 14.3 Å². The van der Waals surface area contributed by atoms with Crippen LogP contribution in [0.3, 0.4) is 0 Å². The molecule has 0 aliphatic carbocycles. The minimum Gasteiger partial charge on any atom is -0.497 e. The normalized spacial score (nSPS) is 12.0. The van der Waals surface area contributed by atoms with Gasteiger partial charge in [-0.25, -0.2) is 0 Å². The predicted molar refractivity (Wildman–Crippen MR) is 118 cm³/mol. The molecule has 7 heteroatoms. The molecule has 0 aromatic heterocycles. The average Bonchev–Trinajstić information content (AvgIpc) is 2.74. The molecule has 0 fully saturated rings. The number of nitrogens with one attached hydrogen (secondary N) is 3. The molecule has 1 unspecified atom stereocenters. The Morgan fingerprint density at radius 2 is 1.59 bits per heavy atom. The number of nitrogens with two attached hydrogens (primary N) is 1. The van der Waals surface area contributed by atoms with E-state index in [1.807, 2.05) is 31.2 Å². The average molecular weight is 409 g/mol. The largest absolute Gasteiger partial charge is 0.497 e. The van der Waals surface area contributed by atoms with E-state index in [0.717, 1.165) is 63.4 Å². The number of methoxy groups -OCH3 is 1. The number of unbranched alkanes of at least 4 members (excludes halogenated alkanes) is 1. The molecule has 0 spiro atoms. The molecule has 166 valence electrons. The summed E-state index contributed by atoms with van der Waals surface area (Å²) in [6.45, 7) is 7.88. The molecule has 29 heavy (non-hydrogen) atoms. The maximum Gasteiger partial charge on any atom is 0.307 e. The summed E-state index contributed by atoms with van der Waals surface area (Å²) in [5, 5.41) is 10.4. The highest BCUT2D eigenvalue weighted by molar-refractivity contribution is 5.70. The van der Waals surface area contributed by atoms with E-state index in [1.54, 1.807) is 7.11 Å². The predicted octanol–water partition coefficient (Wildman–Crippen LogP) is 1.98. The van der Waals surface area contributed by atoms with Crippen LogP contribution in [0.2, 0.25) is 0 Å². The third kappa shape index (κ3) is 12.5. The fourth-order valence-electron chi connectivity index (χ4n) is 3.00. The summed E-state index contributed by atoms with van der Waals surface area (Å²) in [6.07, 6.45) is 4.71. The van der Waals surface area contributed by atoms with E-state index in [-0.39, 0.29) is 12.0 Å². The second-order valence-electron chi connectivity index (χ2n) is 6.99. The summed E-state index contributed by atoms with van der Waals surface area (Å²) in [6, 6.07) is 7.77. The fourth-order valence-corrected chi connectivity index (χ4v) is 3.00. The van der Waals surface area contributed by atoms with Crippen LogP contribution in [0.15, 0.2) is 24.3 Å². The summed E-state index contributed by atoms with van der Waals surface area (Å²) in [5.74, 6) is 0.626. The highest BCUT2D eigenvalue weighted by atomic mass is 16.5. The van der Waals surface area contributed by atoms with Crippen LogP contribution in [0.1, 0.15) is 50.6 Å². The van der Waals surface area contributed by atoms with Gasteiger partial charge in [0.2, 0.25) is 0 Å². The lowest BCUT2D eigenvalue weighted by Crippen LogP contribution is -2.28. The van der Waals surface area contributed by atoms with Gasteiger partial charge in [-0.3, -0.25) is 4.79 Å². The summed E-state index contributed by atoms with van der Waals surface area (Å²) in [5.41, 5.74) is 6.53. The Morgan fingerprint density at radius 1 is 0.966 bits per heavy atom. The van der Waals surface area contributed by atoms with Crippen molar-refractivity contribution in [3.8, 4) is 5.75 Å². The third-order valence-electron chi connectivity index (χ3n) is 4.63. The molecule has 0 radical (unpaired) electrons. The van der Waals surface area contributed by atoms with Gasteiger partial charge in [0.25, 0.3) is 0 Å². The Balaban J connectivity index is 2.23. The first kappa shape index (κ1) is 25.4. The number of ether oxygens (including phenoxy) is 2. The van der Waals surface area contributed by atoms with E-state index >= 15 is 0 Å². The van der Waals surface area contributed by atoms with Crippen LogP contribution >= 0.6 is 0 Å². The van der Waals surface area contributed by atoms with Crippen molar-refractivity contribution in [2.75, 3.05) is 53.0 Å². The summed E-state index contributed by atoms with van der Waals surface area (Å²) < 4.78 is 10.3. The number of carbonyl (C=O) groups excluding carboxylic acids is 1. The molecule has 0 saturated heterocycles. The number of carbonyl (C=O) groups is 1. The number of esters is 1. The van der Waals surface area contributed by atoms with Crippen LogP contribution in [0.4, 0.5) is 0 Å². The van der Waals surface area contributed by atoms with Gasteiger partial charge in [0.15, 0.2) is 0 Å². The van der Waals surface area contributed by atoms with E-state index in [0.29, 0.717) is 13.0 Å². The van der Waals surface area contributed by atoms with Crippen molar-refractivity contribution in [3.63, 3.8) is 0 Å². The summed E-state index contributed by atoms with van der Waals surface area (Å²) in [7, 11) is 1.65. The molecule has 1 aromatic carbocycles. The van der Waals surface area contributed by atoms with Gasteiger partial charge in [0.1, 0.15) is 5.75 Å². The zero-order chi connectivity index (χ0) is 21.2. The van der Waals surface area contributed by atoms with Gasteiger partial charge in [-0.2, -0.15) is 0 Å². The molecule has 7 nitrogen and oxygen atoms in total. The molecule has 0 heterocycles. The second kappa shape index (κ2) is 17.2. The van der Waals surface area contributed by atoms with Crippen LogP contribution in [0.5, 0.6) is 5.75 Å². The molecule has 1 rings (SSSR count). The molecule has 1 atom stereocenters. The van der Waals surface area contributed by atoms with Gasteiger partial charge in [-0.1, -0.05) is 12.1 Å². The van der Waals surface area contributed by atoms with E-state index in [9.17, 15) is 4.79 Å². The topological polar surface area (TPSA) is 97.6 Å². The van der Waals surface area contributed by atoms with Crippen LogP contribution in [0, 0.1) is 0 Å². The molecule has 1 aromatic rings. The molecular weight excluding hydrogens is 368 g/mol.